The van der Waals surface area contributed by atoms with Crippen LogP contribution in [-0.2, 0) is 4.79 Å². The highest BCUT2D eigenvalue weighted by molar-refractivity contribution is 7.99. The molecule has 24 heavy (non-hydrogen) atoms. The largest absolute Gasteiger partial charge is 0.323 e. The molecule has 2 aromatic rings. The third-order valence-electron chi connectivity index (χ3n) is 4.14. The van der Waals surface area contributed by atoms with Crippen LogP contribution in [0.2, 0.25) is 0 Å². The molecular formula is C17H19F2N3OS. The third kappa shape index (κ3) is 4.14. The molecule has 1 amide bonds. The minimum Gasteiger partial charge on any atom is -0.323 e. The van der Waals surface area contributed by atoms with Crippen LogP contribution in [0.4, 0.5) is 14.5 Å². The minimum absolute atomic E-state index is 0.0161. The lowest BCUT2D eigenvalue weighted by molar-refractivity contribution is -0.113. The van der Waals surface area contributed by atoms with Gasteiger partial charge in [0.05, 0.1) is 11.4 Å². The third-order valence-corrected chi connectivity index (χ3v) is 5.12. The number of thioether (sulfide) groups is 1. The van der Waals surface area contributed by atoms with E-state index in [1.165, 1.54) is 37.1 Å². The number of nitrogens with zero attached hydrogens (tertiary/aromatic N) is 2. The maximum Gasteiger partial charge on any atom is 0.234 e. The van der Waals surface area contributed by atoms with Crippen molar-refractivity contribution in [1.29, 1.82) is 0 Å². The highest BCUT2D eigenvalue weighted by atomic mass is 32.2. The van der Waals surface area contributed by atoms with Crippen molar-refractivity contribution in [3.63, 3.8) is 0 Å². The van der Waals surface area contributed by atoms with Crippen LogP contribution in [0.25, 0.3) is 0 Å². The number of halogens is 2. The van der Waals surface area contributed by atoms with Crippen molar-refractivity contribution in [1.82, 2.24) is 9.55 Å². The fourth-order valence-corrected chi connectivity index (χ4v) is 3.78. The number of amides is 1. The number of carbonyl (C=O) groups excluding carboxylic acids is 1. The van der Waals surface area contributed by atoms with Crippen molar-refractivity contribution in [2.24, 2.45) is 0 Å². The smallest absolute Gasteiger partial charge is 0.234 e. The molecule has 0 saturated heterocycles. The lowest BCUT2D eigenvalue weighted by Crippen LogP contribution is -2.17. The van der Waals surface area contributed by atoms with E-state index in [1.807, 2.05) is 6.20 Å². The first kappa shape index (κ1) is 17.0. The van der Waals surface area contributed by atoms with Crippen LogP contribution in [0.15, 0.2) is 35.7 Å². The molecule has 0 radical (unpaired) electrons. The van der Waals surface area contributed by atoms with Gasteiger partial charge in [-0.15, -0.1) is 0 Å². The molecule has 1 aliphatic carbocycles. The van der Waals surface area contributed by atoms with Gasteiger partial charge in [-0.05, 0) is 25.0 Å². The monoisotopic (exact) mass is 351 g/mol. The number of hydrogen-bond donors (Lipinski definition) is 1. The average molecular weight is 351 g/mol. The Kier molecular flexibility index (Phi) is 5.50. The van der Waals surface area contributed by atoms with E-state index in [4.69, 9.17) is 0 Å². The number of rotatable bonds is 5. The quantitative estimate of drug-likeness (QED) is 0.812. The fraction of sp³-hybridized carbons (Fsp3) is 0.412. The summed E-state index contributed by atoms with van der Waals surface area (Å²) in [5.41, 5.74) is -0.0161. The first-order valence-corrected chi connectivity index (χ1v) is 9.02. The summed E-state index contributed by atoms with van der Waals surface area (Å²) in [4.78, 5) is 16.3. The van der Waals surface area contributed by atoms with E-state index in [1.54, 1.807) is 6.20 Å². The molecule has 0 unspecified atom stereocenters. The molecule has 1 N–H and O–H groups in total. The molecule has 128 valence electrons. The van der Waals surface area contributed by atoms with Crippen LogP contribution in [0.5, 0.6) is 0 Å². The molecule has 4 nitrogen and oxygen atoms in total. The van der Waals surface area contributed by atoms with E-state index in [9.17, 15) is 13.6 Å². The van der Waals surface area contributed by atoms with Gasteiger partial charge in [0.2, 0.25) is 5.91 Å². The number of carbonyl (C=O) groups is 1. The minimum atomic E-state index is -0.781. The number of anilines is 1. The zero-order chi connectivity index (χ0) is 16.9. The van der Waals surface area contributed by atoms with Gasteiger partial charge in [0.15, 0.2) is 5.16 Å². The van der Waals surface area contributed by atoms with Gasteiger partial charge >= 0.3 is 0 Å². The number of nitrogens with one attached hydrogen (secondary N) is 1. The molecule has 1 aromatic heterocycles. The SMILES string of the molecule is O=C(CSc1nccn1C1CCCCC1)Nc1ccc(F)cc1F. The first-order valence-electron chi connectivity index (χ1n) is 8.04. The van der Waals surface area contributed by atoms with Crippen LogP contribution >= 0.6 is 11.8 Å². The Morgan fingerprint density at radius 1 is 1.29 bits per heavy atom. The second-order valence-electron chi connectivity index (χ2n) is 5.87. The summed E-state index contributed by atoms with van der Waals surface area (Å²) >= 11 is 1.33. The standard InChI is InChI=1S/C17H19F2N3OS/c18-12-6-7-15(14(19)10-12)21-16(23)11-24-17-20-8-9-22(17)13-4-2-1-3-5-13/h6-10,13H,1-5,11H2,(H,21,23). The van der Waals surface area contributed by atoms with Gasteiger partial charge in [-0.25, -0.2) is 13.8 Å². The topological polar surface area (TPSA) is 46.9 Å². The van der Waals surface area contributed by atoms with Crippen molar-refractivity contribution < 1.29 is 13.6 Å². The zero-order valence-corrected chi connectivity index (χ0v) is 14.0. The Bertz CT molecular complexity index is 714. The van der Waals surface area contributed by atoms with E-state index < -0.39 is 11.6 Å². The highest BCUT2D eigenvalue weighted by Gasteiger charge is 2.18. The lowest BCUT2D eigenvalue weighted by Gasteiger charge is -2.24. The highest BCUT2D eigenvalue weighted by Crippen LogP contribution is 2.31. The Morgan fingerprint density at radius 2 is 2.08 bits per heavy atom. The molecule has 1 aliphatic rings. The molecule has 1 heterocycles. The lowest BCUT2D eigenvalue weighted by atomic mass is 9.95. The number of benzene rings is 1. The summed E-state index contributed by atoms with van der Waals surface area (Å²) in [5.74, 6) is -1.67. The van der Waals surface area contributed by atoms with E-state index in [0.717, 1.165) is 30.1 Å². The molecule has 1 saturated carbocycles. The summed E-state index contributed by atoms with van der Waals surface area (Å²) in [6, 6.07) is 3.53. The maximum absolute atomic E-state index is 13.6. The summed E-state index contributed by atoms with van der Waals surface area (Å²) in [6.45, 7) is 0. The van der Waals surface area contributed by atoms with Crippen LogP contribution < -0.4 is 5.32 Å². The van der Waals surface area contributed by atoms with Gasteiger partial charge in [0, 0.05) is 24.5 Å². The summed E-state index contributed by atoms with van der Waals surface area (Å²) < 4.78 is 28.6. The van der Waals surface area contributed by atoms with Crippen LogP contribution in [0.1, 0.15) is 38.1 Å². The number of aromatic nitrogens is 2. The van der Waals surface area contributed by atoms with Gasteiger partial charge in [-0.3, -0.25) is 4.79 Å². The summed E-state index contributed by atoms with van der Waals surface area (Å²) in [7, 11) is 0. The second kappa shape index (κ2) is 7.79. The Balaban J connectivity index is 1.57. The summed E-state index contributed by atoms with van der Waals surface area (Å²) in [6.07, 6.45) is 9.69. The van der Waals surface area contributed by atoms with Gasteiger partial charge in [-0.2, -0.15) is 0 Å². The van der Waals surface area contributed by atoms with Crippen molar-refractivity contribution >= 4 is 23.4 Å². The Hall–Kier alpha value is -1.89. The van der Waals surface area contributed by atoms with Crippen molar-refractivity contribution in [3.05, 3.63) is 42.2 Å². The van der Waals surface area contributed by atoms with Crippen LogP contribution in [0.3, 0.4) is 0 Å². The predicted octanol–water partition coefficient (Wildman–Crippen LogP) is 4.40. The Labute approximate surface area is 143 Å². The maximum atomic E-state index is 13.6. The number of hydrogen-bond acceptors (Lipinski definition) is 3. The molecule has 0 atom stereocenters. The first-order chi connectivity index (χ1) is 11.6. The van der Waals surface area contributed by atoms with E-state index in [0.29, 0.717) is 6.04 Å². The second-order valence-corrected chi connectivity index (χ2v) is 6.81. The van der Waals surface area contributed by atoms with Crippen molar-refractivity contribution in [2.45, 2.75) is 43.3 Å². The average Bonchev–Trinajstić information content (AvgIpc) is 3.05. The van der Waals surface area contributed by atoms with Gasteiger partial charge in [-0.1, -0.05) is 31.0 Å². The molecule has 0 aliphatic heterocycles. The molecule has 1 fully saturated rings. The van der Waals surface area contributed by atoms with Crippen molar-refractivity contribution in [3.8, 4) is 0 Å². The molecule has 3 rings (SSSR count). The van der Waals surface area contributed by atoms with Crippen LogP contribution in [0, 0.1) is 11.6 Å². The van der Waals surface area contributed by atoms with E-state index >= 15 is 0 Å². The van der Waals surface area contributed by atoms with Gasteiger partial charge in [0.1, 0.15) is 11.6 Å². The van der Waals surface area contributed by atoms with Crippen molar-refractivity contribution in [2.75, 3.05) is 11.1 Å². The predicted molar refractivity (Wildman–Crippen MR) is 90.1 cm³/mol. The normalized spacial score (nSPS) is 15.4. The zero-order valence-electron chi connectivity index (χ0n) is 13.2. The summed E-state index contributed by atoms with van der Waals surface area (Å²) in [5, 5.41) is 3.26. The van der Waals surface area contributed by atoms with E-state index in [-0.39, 0.29) is 17.3 Å². The van der Waals surface area contributed by atoms with Gasteiger partial charge in [0.25, 0.3) is 0 Å². The molecular weight excluding hydrogens is 332 g/mol. The fourth-order valence-electron chi connectivity index (χ4n) is 2.96. The molecule has 0 bridgehead atoms. The molecule has 7 heteroatoms. The molecule has 1 aromatic carbocycles. The number of imidazole rings is 1. The van der Waals surface area contributed by atoms with Crippen LogP contribution in [-0.4, -0.2) is 21.2 Å². The molecule has 0 spiro atoms. The Morgan fingerprint density at radius 3 is 2.83 bits per heavy atom. The van der Waals surface area contributed by atoms with E-state index in [2.05, 4.69) is 14.9 Å². The van der Waals surface area contributed by atoms with Gasteiger partial charge < -0.3 is 9.88 Å².